The monoisotopic (exact) mass is 307 g/mol. The van der Waals surface area contributed by atoms with E-state index in [0.717, 1.165) is 5.56 Å². The van der Waals surface area contributed by atoms with Crippen molar-refractivity contribution in [3.8, 4) is 0 Å². The number of benzene rings is 1. The standard InChI is InChI=1S/C14H17N3O3S/c1-9-7-16-14(18)11-3-2-4-12(13(9)11)21(19,20)17-6-5-10(15)8-17/h2-4,7,10H,5-6,8,15H2,1H3,(H,16,18)/t10-/m1/s1. The molecule has 0 unspecified atom stereocenters. The number of pyridine rings is 1. The van der Waals surface area contributed by atoms with Crippen molar-refractivity contribution in [1.29, 1.82) is 0 Å². The Hall–Kier alpha value is -1.70. The summed E-state index contributed by atoms with van der Waals surface area (Å²) in [4.78, 5) is 14.7. The highest BCUT2D eigenvalue weighted by molar-refractivity contribution is 7.89. The van der Waals surface area contributed by atoms with Gasteiger partial charge in [-0.15, -0.1) is 0 Å². The Morgan fingerprint density at radius 3 is 2.81 bits per heavy atom. The Morgan fingerprint density at radius 1 is 1.38 bits per heavy atom. The van der Waals surface area contributed by atoms with E-state index in [1.807, 2.05) is 0 Å². The molecule has 0 aliphatic carbocycles. The third-order valence-electron chi connectivity index (χ3n) is 3.89. The molecule has 2 heterocycles. The fraction of sp³-hybridized carbons (Fsp3) is 0.357. The predicted octanol–water partition coefficient (Wildman–Crippen LogP) is 0.558. The van der Waals surface area contributed by atoms with E-state index in [4.69, 9.17) is 5.73 Å². The van der Waals surface area contributed by atoms with Gasteiger partial charge in [-0.1, -0.05) is 6.07 Å². The van der Waals surface area contributed by atoms with Crippen LogP contribution in [0.15, 0.2) is 34.1 Å². The molecule has 21 heavy (non-hydrogen) atoms. The number of hydrogen-bond acceptors (Lipinski definition) is 4. The van der Waals surface area contributed by atoms with E-state index < -0.39 is 10.0 Å². The fourth-order valence-electron chi connectivity index (χ4n) is 2.78. The number of aromatic nitrogens is 1. The van der Waals surface area contributed by atoms with Crippen LogP contribution in [0.25, 0.3) is 10.8 Å². The zero-order valence-electron chi connectivity index (χ0n) is 11.7. The third-order valence-corrected chi connectivity index (χ3v) is 5.80. The van der Waals surface area contributed by atoms with Gasteiger partial charge < -0.3 is 10.7 Å². The van der Waals surface area contributed by atoms with Gasteiger partial charge in [0.2, 0.25) is 10.0 Å². The van der Waals surface area contributed by atoms with Crippen molar-refractivity contribution in [3.05, 3.63) is 40.3 Å². The lowest BCUT2D eigenvalue weighted by Crippen LogP contribution is -2.32. The lowest BCUT2D eigenvalue weighted by atomic mass is 10.1. The summed E-state index contributed by atoms with van der Waals surface area (Å²) < 4.78 is 27.0. The number of hydrogen-bond donors (Lipinski definition) is 2. The minimum Gasteiger partial charge on any atom is -0.328 e. The van der Waals surface area contributed by atoms with Crippen molar-refractivity contribution >= 4 is 20.8 Å². The Labute approximate surface area is 122 Å². The first-order chi connectivity index (χ1) is 9.91. The summed E-state index contributed by atoms with van der Waals surface area (Å²) >= 11 is 0. The van der Waals surface area contributed by atoms with E-state index in [9.17, 15) is 13.2 Å². The first kappa shape index (κ1) is 14.2. The topological polar surface area (TPSA) is 96.3 Å². The molecule has 6 nitrogen and oxygen atoms in total. The molecular formula is C14H17N3O3S. The zero-order chi connectivity index (χ0) is 15.2. The Morgan fingerprint density at radius 2 is 2.14 bits per heavy atom. The van der Waals surface area contributed by atoms with Crippen LogP contribution in [-0.2, 0) is 10.0 Å². The van der Waals surface area contributed by atoms with Gasteiger partial charge in [0.25, 0.3) is 5.56 Å². The predicted molar refractivity (Wildman–Crippen MR) is 80.7 cm³/mol. The number of nitrogens with two attached hydrogens (primary N) is 1. The van der Waals surface area contributed by atoms with Gasteiger partial charge in [0.15, 0.2) is 0 Å². The number of nitrogens with one attached hydrogen (secondary N) is 1. The van der Waals surface area contributed by atoms with E-state index in [-0.39, 0.29) is 16.5 Å². The van der Waals surface area contributed by atoms with Crippen LogP contribution >= 0.6 is 0 Å². The maximum Gasteiger partial charge on any atom is 0.255 e. The van der Waals surface area contributed by atoms with E-state index in [2.05, 4.69) is 4.98 Å². The summed E-state index contributed by atoms with van der Waals surface area (Å²) in [6.45, 7) is 2.52. The third kappa shape index (κ3) is 2.27. The molecule has 7 heteroatoms. The molecule has 0 bridgehead atoms. The lowest BCUT2D eigenvalue weighted by molar-refractivity contribution is 0.473. The van der Waals surface area contributed by atoms with Crippen LogP contribution < -0.4 is 11.3 Å². The molecule has 0 amide bonds. The highest BCUT2D eigenvalue weighted by Crippen LogP contribution is 2.28. The van der Waals surface area contributed by atoms with Gasteiger partial charge in [-0.2, -0.15) is 4.31 Å². The van der Waals surface area contributed by atoms with Crippen molar-refractivity contribution in [2.75, 3.05) is 13.1 Å². The fourth-order valence-corrected chi connectivity index (χ4v) is 4.57. The second-order valence-corrected chi connectivity index (χ2v) is 7.30. The SMILES string of the molecule is Cc1c[nH]c(=O)c2cccc(S(=O)(=O)N3CC[C@@H](N)C3)c12. The molecule has 0 spiro atoms. The highest BCUT2D eigenvalue weighted by Gasteiger charge is 2.32. The Balaban J connectivity index is 2.26. The number of aryl methyl sites for hydroxylation is 1. The van der Waals surface area contributed by atoms with Crippen LogP contribution in [-0.4, -0.2) is 36.8 Å². The average molecular weight is 307 g/mol. The van der Waals surface area contributed by atoms with Crippen LogP contribution in [0.4, 0.5) is 0 Å². The molecule has 0 saturated carbocycles. The van der Waals surface area contributed by atoms with Crippen LogP contribution in [0.5, 0.6) is 0 Å². The molecule has 1 fully saturated rings. The first-order valence-electron chi connectivity index (χ1n) is 6.78. The smallest absolute Gasteiger partial charge is 0.255 e. The van der Waals surface area contributed by atoms with Crippen molar-refractivity contribution in [2.24, 2.45) is 5.73 Å². The molecule has 1 aliphatic rings. The molecule has 2 aromatic rings. The molecule has 1 saturated heterocycles. The molecule has 3 rings (SSSR count). The number of rotatable bonds is 2. The van der Waals surface area contributed by atoms with Gasteiger partial charge >= 0.3 is 0 Å². The minimum atomic E-state index is -3.64. The van der Waals surface area contributed by atoms with E-state index in [0.29, 0.717) is 30.3 Å². The largest absolute Gasteiger partial charge is 0.328 e. The molecule has 0 radical (unpaired) electrons. The molecule has 1 aromatic carbocycles. The van der Waals surface area contributed by atoms with Crippen molar-refractivity contribution in [3.63, 3.8) is 0 Å². The number of nitrogens with zero attached hydrogens (tertiary/aromatic N) is 1. The van der Waals surface area contributed by atoms with E-state index in [1.165, 1.54) is 4.31 Å². The molecule has 112 valence electrons. The summed E-state index contributed by atoms with van der Waals surface area (Å²) in [6.07, 6.45) is 2.20. The minimum absolute atomic E-state index is 0.126. The summed E-state index contributed by atoms with van der Waals surface area (Å²) in [5, 5.41) is 0.876. The van der Waals surface area contributed by atoms with E-state index >= 15 is 0 Å². The van der Waals surface area contributed by atoms with Gasteiger partial charge in [-0.3, -0.25) is 4.79 Å². The van der Waals surface area contributed by atoms with Gasteiger partial charge in [0.05, 0.1) is 4.90 Å². The summed E-state index contributed by atoms with van der Waals surface area (Å²) in [6, 6.07) is 4.66. The second-order valence-electron chi connectivity index (χ2n) is 5.39. The molecule has 1 aromatic heterocycles. The van der Waals surface area contributed by atoms with Gasteiger partial charge in [-0.05, 0) is 31.0 Å². The molecular weight excluding hydrogens is 290 g/mol. The quantitative estimate of drug-likeness (QED) is 0.847. The second kappa shape index (κ2) is 4.94. The summed E-state index contributed by atoms with van der Waals surface area (Å²) in [5.41, 5.74) is 6.25. The van der Waals surface area contributed by atoms with Gasteiger partial charge in [-0.25, -0.2) is 8.42 Å². The molecule has 1 aliphatic heterocycles. The number of H-pyrrole nitrogens is 1. The lowest BCUT2D eigenvalue weighted by Gasteiger charge is -2.18. The summed E-state index contributed by atoms with van der Waals surface area (Å²) in [7, 11) is -3.64. The zero-order valence-corrected chi connectivity index (χ0v) is 12.5. The highest BCUT2D eigenvalue weighted by atomic mass is 32.2. The summed E-state index contributed by atoms with van der Waals surface area (Å²) in [5.74, 6) is 0. The van der Waals surface area contributed by atoms with Crippen molar-refractivity contribution in [1.82, 2.24) is 9.29 Å². The van der Waals surface area contributed by atoms with Crippen molar-refractivity contribution in [2.45, 2.75) is 24.3 Å². The van der Waals surface area contributed by atoms with Gasteiger partial charge in [0.1, 0.15) is 0 Å². The van der Waals surface area contributed by atoms with Gasteiger partial charge in [0, 0.05) is 36.1 Å². The molecule has 3 N–H and O–H groups in total. The van der Waals surface area contributed by atoms with Crippen LogP contribution in [0.3, 0.4) is 0 Å². The van der Waals surface area contributed by atoms with Crippen LogP contribution in [0, 0.1) is 6.92 Å². The molecule has 1 atom stereocenters. The van der Waals surface area contributed by atoms with Crippen LogP contribution in [0.1, 0.15) is 12.0 Å². The maximum absolute atomic E-state index is 12.8. The number of sulfonamides is 1. The van der Waals surface area contributed by atoms with E-state index in [1.54, 1.807) is 31.3 Å². The number of aromatic amines is 1. The normalized spacial score (nSPS) is 20.2. The first-order valence-corrected chi connectivity index (χ1v) is 8.22. The average Bonchev–Trinajstić information content (AvgIpc) is 2.90. The Kier molecular flexibility index (Phi) is 3.35. The maximum atomic E-state index is 12.8. The number of fused-ring (bicyclic) bond motifs is 1. The Bertz CT molecular complexity index is 857. The van der Waals surface area contributed by atoms with Crippen LogP contribution in [0.2, 0.25) is 0 Å². The van der Waals surface area contributed by atoms with Crippen molar-refractivity contribution < 1.29 is 8.42 Å².